The van der Waals surface area contributed by atoms with Crippen LogP contribution in [0.25, 0.3) is 0 Å². The standard InChI is InChI=1S/C15H14N2O3S/c1-19-11-6-7-12(15(17)21)13(8-11)20-10-4-2-9(3-5-10)14(16)18/h2-8H,1H3,(H2,16,18)(H2,17,21). The van der Waals surface area contributed by atoms with Crippen LogP contribution in [0.4, 0.5) is 0 Å². The number of hydrogen-bond acceptors (Lipinski definition) is 4. The van der Waals surface area contributed by atoms with Crippen LogP contribution in [-0.2, 0) is 0 Å². The Labute approximate surface area is 127 Å². The molecule has 0 saturated carbocycles. The molecule has 0 fully saturated rings. The highest BCUT2D eigenvalue weighted by atomic mass is 32.1. The Morgan fingerprint density at radius 1 is 1.05 bits per heavy atom. The number of thiocarbonyl (C=S) groups is 1. The summed E-state index contributed by atoms with van der Waals surface area (Å²) >= 11 is 5.00. The number of amides is 1. The van der Waals surface area contributed by atoms with Crippen LogP contribution in [0.2, 0.25) is 0 Å². The maximum Gasteiger partial charge on any atom is 0.248 e. The predicted molar refractivity (Wildman–Crippen MR) is 83.9 cm³/mol. The Morgan fingerprint density at radius 3 is 2.19 bits per heavy atom. The minimum absolute atomic E-state index is 0.224. The molecular weight excluding hydrogens is 288 g/mol. The van der Waals surface area contributed by atoms with E-state index in [-0.39, 0.29) is 4.99 Å². The molecule has 2 aromatic carbocycles. The lowest BCUT2D eigenvalue weighted by Gasteiger charge is -2.12. The molecule has 0 radical (unpaired) electrons. The molecule has 1 amide bonds. The monoisotopic (exact) mass is 302 g/mol. The summed E-state index contributed by atoms with van der Waals surface area (Å²) in [6.45, 7) is 0. The van der Waals surface area contributed by atoms with E-state index < -0.39 is 5.91 Å². The van der Waals surface area contributed by atoms with Gasteiger partial charge in [-0.2, -0.15) is 0 Å². The molecule has 0 aromatic heterocycles. The van der Waals surface area contributed by atoms with Gasteiger partial charge in [0.15, 0.2) is 0 Å². The molecule has 0 aliphatic heterocycles. The van der Waals surface area contributed by atoms with Crippen molar-refractivity contribution in [2.45, 2.75) is 0 Å². The van der Waals surface area contributed by atoms with Gasteiger partial charge < -0.3 is 20.9 Å². The van der Waals surface area contributed by atoms with Crippen LogP contribution in [0.3, 0.4) is 0 Å². The molecule has 0 aliphatic rings. The van der Waals surface area contributed by atoms with E-state index in [1.807, 2.05) is 0 Å². The number of nitrogens with two attached hydrogens (primary N) is 2. The molecule has 2 rings (SSSR count). The fourth-order valence-corrected chi connectivity index (χ4v) is 1.90. The molecule has 5 nitrogen and oxygen atoms in total. The van der Waals surface area contributed by atoms with Gasteiger partial charge in [-0.05, 0) is 36.4 Å². The average Bonchev–Trinajstić information content (AvgIpc) is 2.47. The molecule has 2 aromatic rings. The zero-order valence-electron chi connectivity index (χ0n) is 11.3. The van der Waals surface area contributed by atoms with Crippen LogP contribution in [0, 0.1) is 0 Å². The van der Waals surface area contributed by atoms with Crippen molar-refractivity contribution in [3.05, 3.63) is 53.6 Å². The molecule has 21 heavy (non-hydrogen) atoms. The smallest absolute Gasteiger partial charge is 0.248 e. The van der Waals surface area contributed by atoms with Crippen molar-refractivity contribution in [2.24, 2.45) is 11.5 Å². The van der Waals surface area contributed by atoms with E-state index in [0.717, 1.165) is 0 Å². The van der Waals surface area contributed by atoms with Gasteiger partial charge in [0.2, 0.25) is 5.91 Å². The van der Waals surface area contributed by atoms with E-state index >= 15 is 0 Å². The lowest BCUT2D eigenvalue weighted by atomic mass is 10.2. The number of ether oxygens (including phenoxy) is 2. The van der Waals surface area contributed by atoms with Crippen molar-refractivity contribution in [2.75, 3.05) is 7.11 Å². The van der Waals surface area contributed by atoms with E-state index in [4.69, 9.17) is 33.2 Å². The minimum atomic E-state index is -0.494. The van der Waals surface area contributed by atoms with E-state index in [0.29, 0.717) is 28.4 Å². The van der Waals surface area contributed by atoms with Crippen LogP contribution in [0.15, 0.2) is 42.5 Å². The van der Waals surface area contributed by atoms with Crippen LogP contribution in [0.1, 0.15) is 15.9 Å². The Bertz CT molecular complexity index is 684. The van der Waals surface area contributed by atoms with Crippen molar-refractivity contribution >= 4 is 23.1 Å². The molecule has 0 aliphatic carbocycles. The minimum Gasteiger partial charge on any atom is -0.497 e. The zero-order valence-corrected chi connectivity index (χ0v) is 12.1. The second-order valence-corrected chi connectivity index (χ2v) is 4.66. The Kier molecular flexibility index (Phi) is 4.39. The van der Waals surface area contributed by atoms with Gasteiger partial charge in [-0.1, -0.05) is 12.2 Å². The van der Waals surface area contributed by atoms with Gasteiger partial charge in [-0.3, -0.25) is 4.79 Å². The van der Waals surface area contributed by atoms with E-state index in [1.165, 1.54) is 0 Å². The quantitative estimate of drug-likeness (QED) is 0.827. The summed E-state index contributed by atoms with van der Waals surface area (Å²) in [6, 6.07) is 11.6. The number of carbonyl (C=O) groups excluding carboxylic acids is 1. The molecule has 4 N–H and O–H groups in total. The topological polar surface area (TPSA) is 87.6 Å². The number of primary amides is 1. The third-order valence-corrected chi connectivity index (χ3v) is 3.04. The lowest BCUT2D eigenvalue weighted by molar-refractivity contribution is 0.100. The Balaban J connectivity index is 2.33. The van der Waals surface area contributed by atoms with Gasteiger partial charge >= 0.3 is 0 Å². The van der Waals surface area contributed by atoms with Gasteiger partial charge in [-0.15, -0.1) is 0 Å². The Morgan fingerprint density at radius 2 is 1.67 bits per heavy atom. The van der Waals surface area contributed by atoms with Crippen molar-refractivity contribution < 1.29 is 14.3 Å². The summed E-state index contributed by atoms with van der Waals surface area (Å²) in [5, 5.41) is 0. The van der Waals surface area contributed by atoms with Gasteiger partial charge in [0.1, 0.15) is 22.2 Å². The molecule has 0 unspecified atom stereocenters. The van der Waals surface area contributed by atoms with Crippen molar-refractivity contribution in [3.63, 3.8) is 0 Å². The first-order valence-corrected chi connectivity index (χ1v) is 6.47. The summed E-state index contributed by atoms with van der Waals surface area (Å²) in [6.07, 6.45) is 0. The molecular formula is C15H14N2O3S. The summed E-state index contributed by atoms with van der Waals surface area (Å²) in [5.74, 6) is 1.14. The number of benzene rings is 2. The van der Waals surface area contributed by atoms with Crippen molar-refractivity contribution in [1.82, 2.24) is 0 Å². The zero-order chi connectivity index (χ0) is 15.4. The number of rotatable bonds is 5. The van der Waals surface area contributed by atoms with E-state index in [2.05, 4.69) is 0 Å². The molecule has 0 bridgehead atoms. The van der Waals surface area contributed by atoms with E-state index in [9.17, 15) is 4.79 Å². The molecule has 0 heterocycles. The van der Waals surface area contributed by atoms with Gasteiger partial charge in [0, 0.05) is 11.6 Å². The summed E-state index contributed by atoms with van der Waals surface area (Å²) in [4.78, 5) is 11.3. The third kappa shape index (κ3) is 3.49. The fraction of sp³-hybridized carbons (Fsp3) is 0.0667. The second-order valence-electron chi connectivity index (χ2n) is 4.22. The molecule has 0 atom stereocenters. The van der Waals surface area contributed by atoms with Crippen LogP contribution < -0.4 is 20.9 Å². The first kappa shape index (κ1) is 14.8. The maximum atomic E-state index is 11.0. The average molecular weight is 302 g/mol. The first-order valence-electron chi connectivity index (χ1n) is 6.07. The highest BCUT2D eigenvalue weighted by molar-refractivity contribution is 7.80. The Hall–Kier alpha value is -2.60. The van der Waals surface area contributed by atoms with Crippen LogP contribution in [-0.4, -0.2) is 18.0 Å². The predicted octanol–water partition coefficient (Wildman–Crippen LogP) is 2.22. The van der Waals surface area contributed by atoms with E-state index in [1.54, 1.807) is 49.6 Å². The lowest BCUT2D eigenvalue weighted by Crippen LogP contribution is -2.11. The van der Waals surface area contributed by atoms with Crippen molar-refractivity contribution in [1.29, 1.82) is 0 Å². The second kappa shape index (κ2) is 6.23. The third-order valence-electron chi connectivity index (χ3n) is 2.82. The van der Waals surface area contributed by atoms with Crippen molar-refractivity contribution in [3.8, 4) is 17.2 Å². The summed E-state index contributed by atoms with van der Waals surface area (Å²) in [5.41, 5.74) is 11.9. The summed E-state index contributed by atoms with van der Waals surface area (Å²) < 4.78 is 10.9. The SMILES string of the molecule is COc1ccc(C(N)=S)c(Oc2ccc(C(N)=O)cc2)c1. The highest BCUT2D eigenvalue weighted by Crippen LogP contribution is 2.29. The number of hydrogen-bond donors (Lipinski definition) is 2. The molecule has 108 valence electrons. The van der Waals surface area contributed by atoms with Gasteiger partial charge in [0.25, 0.3) is 0 Å². The number of methoxy groups -OCH3 is 1. The fourth-order valence-electron chi connectivity index (χ4n) is 1.73. The highest BCUT2D eigenvalue weighted by Gasteiger charge is 2.10. The van der Waals surface area contributed by atoms with Crippen LogP contribution >= 0.6 is 12.2 Å². The molecule has 0 spiro atoms. The first-order chi connectivity index (χ1) is 10.0. The maximum absolute atomic E-state index is 11.0. The number of carbonyl (C=O) groups is 1. The normalized spacial score (nSPS) is 9.95. The molecule has 0 saturated heterocycles. The van der Waals surface area contributed by atoms with Gasteiger partial charge in [-0.25, -0.2) is 0 Å². The van der Waals surface area contributed by atoms with Crippen LogP contribution in [0.5, 0.6) is 17.2 Å². The molecule has 6 heteroatoms. The van der Waals surface area contributed by atoms with Gasteiger partial charge in [0.05, 0.1) is 12.7 Å². The summed E-state index contributed by atoms with van der Waals surface area (Å²) in [7, 11) is 1.56. The largest absolute Gasteiger partial charge is 0.497 e.